The average molecular weight is 318 g/mol. The number of carbonyl (C=O) groups is 2. The minimum Gasteiger partial charge on any atom is -0.449 e. The summed E-state index contributed by atoms with van der Waals surface area (Å²) < 4.78 is 18.2. The Bertz CT molecular complexity index is 633. The largest absolute Gasteiger partial charge is 0.449 e. The van der Waals surface area contributed by atoms with Gasteiger partial charge in [0.25, 0.3) is 5.91 Å². The van der Waals surface area contributed by atoms with E-state index in [2.05, 4.69) is 11.4 Å². The third-order valence-corrected chi connectivity index (χ3v) is 4.00. The number of nitrogens with one attached hydrogen (secondary N) is 1. The first kappa shape index (κ1) is 16.9. The van der Waals surface area contributed by atoms with Crippen molar-refractivity contribution in [3.63, 3.8) is 0 Å². The van der Waals surface area contributed by atoms with E-state index in [1.54, 1.807) is 0 Å². The summed E-state index contributed by atoms with van der Waals surface area (Å²) in [7, 11) is 0. The van der Waals surface area contributed by atoms with Gasteiger partial charge in [-0.15, -0.1) is 0 Å². The number of benzene rings is 1. The van der Waals surface area contributed by atoms with Crippen LogP contribution in [0.15, 0.2) is 24.3 Å². The molecule has 0 spiro atoms. The highest BCUT2D eigenvalue weighted by Crippen LogP contribution is 2.27. The number of rotatable bonds is 4. The molecule has 0 aromatic heterocycles. The molecule has 2 rings (SSSR count). The molecule has 23 heavy (non-hydrogen) atoms. The van der Waals surface area contributed by atoms with E-state index < -0.39 is 29.3 Å². The first-order valence-electron chi connectivity index (χ1n) is 7.66. The molecule has 1 aromatic carbocycles. The molecule has 1 saturated carbocycles. The van der Waals surface area contributed by atoms with E-state index in [-0.39, 0.29) is 5.56 Å². The van der Waals surface area contributed by atoms with E-state index in [4.69, 9.17) is 4.74 Å². The Morgan fingerprint density at radius 1 is 1.35 bits per heavy atom. The van der Waals surface area contributed by atoms with Crippen molar-refractivity contribution in [1.82, 2.24) is 5.32 Å². The molecule has 0 bridgehead atoms. The molecule has 0 saturated heterocycles. The van der Waals surface area contributed by atoms with E-state index >= 15 is 0 Å². The Hall–Kier alpha value is -2.42. The molecule has 1 aliphatic rings. The number of halogens is 1. The van der Waals surface area contributed by atoms with Crippen molar-refractivity contribution < 1.29 is 18.7 Å². The van der Waals surface area contributed by atoms with Crippen LogP contribution in [0.3, 0.4) is 0 Å². The number of hydrogen-bond acceptors (Lipinski definition) is 4. The summed E-state index contributed by atoms with van der Waals surface area (Å²) in [5.41, 5.74) is -0.841. The lowest BCUT2D eigenvalue weighted by molar-refractivity contribution is -0.130. The molecule has 1 amide bonds. The highest BCUT2D eigenvalue weighted by atomic mass is 19.1. The van der Waals surface area contributed by atoms with E-state index in [0.717, 1.165) is 25.3 Å². The van der Waals surface area contributed by atoms with Crippen molar-refractivity contribution in [1.29, 1.82) is 5.26 Å². The summed E-state index contributed by atoms with van der Waals surface area (Å²) in [6.07, 6.45) is 2.94. The minimum absolute atomic E-state index is 0.0392. The van der Waals surface area contributed by atoms with Gasteiger partial charge >= 0.3 is 5.97 Å². The van der Waals surface area contributed by atoms with E-state index in [1.165, 1.54) is 25.1 Å². The summed E-state index contributed by atoms with van der Waals surface area (Å²) in [6, 6.07) is 7.24. The lowest BCUT2D eigenvalue weighted by Crippen LogP contribution is -2.52. The maximum atomic E-state index is 13.1. The highest BCUT2D eigenvalue weighted by molar-refractivity contribution is 5.92. The number of ether oxygens (including phenoxy) is 1. The normalized spacial score (nSPS) is 17.6. The molecule has 122 valence electrons. The molecular weight excluding hydrogens is 299 g/mol. The molecule has 1 atom stereocenters. The SMILES string of the molecule is C[C@@H](OC(=O)c1cccc(F)c1)C(=O)NC1(C#N)CCCCC1. The van der Waals surface area contributed by atoms with Gasteiger partial charge in [-0.3, -0.25) is 4.79 Å². The summed E-state index contributed by atoms with van der Waals surface area (Å²) in [5.74, 6) is -1.85. The van der Waals surface area contributed by atoms with Crippen LogP contribution in [-0.4, -0.2) is 23.5 Å². The Morgan fingerprint density at radius 3 is 2.65 bits per heavy atom. The minimum atomic E-state index is -1.06. The first-order valence-corrected chi connectivity index (χ1v) is 7.66. The zero-order chi connectivity index (χ0) is 16.9. The van der Waals surface area contributed by atoms with Crippen LogP contribution in [0.5, 0.6) is 0 Å². The van der Waals surface area contributed by atoms with Crippen molar-refractivity contribution in [3.8, 4) is 6.07 Å². The van der Waals surface area contributed by atoms with Crippen molar-refractivity contribution in [3.05, 3.63) is 35.6 Å². The number of hydrogen-bond donors (Lipinski definition) is 1. The summed E-state index contributed by atoms with van der Waals surface area (Å²) in [4.78, 5) is 24.1. The first-order chi connectivity index (χ1) is 11.0. The van der Waals surface area contributed by atoms with Crippen LogP contribution in [0.25, 0.3) is 0 Å². The number of nitriles is 1. The molecule has 5 nitrogen and oxygen atoms in total. The van der Waals surface area contributed by atoms with Gasteiger partial charge in [0, 0.05) is 0 Å². The summed E-state index contributed by atoms with van der Waals surface area (Å²) >= 11 is 0. The summed E-state index contributed by atoms with van der Waals surface area (Å²) in [6.45, 7) is 1.43. The monoisotopic (exact) mass is 318 g/mol. The molecule has 6 heteroatoms. The third kappa shape index (κ3) is 4.28. The van der Waals surface area contributed by atoms with Gasteiger partial charge < -0.3 is 10.1 Å². The van der Waals surface area contributed by atoms with Gasteiger partial charge in [0.15, 0.2) is 6.10 Å². The topological polar surface area (TPSA) is 79.2 Å². The number of esters is 1. The van der Waals surface area contributed by atoms with Gasteiger partial charge in [-0.1, -0.05) is 25.3 Å². The van der Waals surface area contributed by atoms with Crippen LogP contribution < -0.4 is 5.32 Å². The standard InChI is InChI=1S/C17H19FN2O3/c1-12(23-16(22)13-6-5-7-14(18)10-13)15(21)20-17(11-19)8-3-2-4-9-17/h5-7,10,12H,2-4,8-9H2,1H3,(H,20,21)/t12-/m1/s1. The van der Waals surface area contributed by atoms with Gasteiger partial charge in [-0.2, -0.15) is 5.26 Å². The maximum Gasteiger partial charge on any atom is 0.339 e. The van der Waals surface area contributed by atoms with Crippen LogP contribution in [-0.2, 0) is 9.53 Å². The van der Waals surface area contributed by atoms with Gasteiger partial charge in [0.1, 0.15) is 11.4 Å². The van der Waals surface area contributed by atoms with E-state index in [0.29, 0.717) is 12.8 Å². The van der Waals surface area contributed by atoms with Crippen LogP contribution in [0.2, 0.25) is 0 Å². The fraction of sp³-hybridized carbons (Fsp3) is 0.471. The molecule has 0 unspecified atom stereocenters. The third-order valence-electron chi connectivity index (χ3n) is 4.00. The van der Waals surface area contributed by atoms with Crippen molar-refractivity contribution in [2.75, 3.05) is 0 Å². The number of amides is 1. The molecular formula is C17H19FN2O3. The van der Waals surface area contributed by atoms with Gasteiger partial charge in [0.2, 0.25) is 0 Å². The molecule has 0 heterocycles. The molecule has 0 aliphatic heterocycles. The van der Waals surface area contributed by atoms with Crippen LogP contribution >= 0.6 is 0 Å². The van der Waals surface area contributed by atoms with Crippen LogP contribution in [0.4, 0.5) is 4.39 Å². The molecule has 1 aromatic rings. The number of nitrogens with zero attached hydrogens (tertiary/aromatic N) is 1. The Balaban J connectivity index is 1.97. The van der Waals surface area contributed by atoms with Gasteiger partial charge in [0.05, 0.1) is 11.6 Å². The predicted octanol–water partition coefficient (Wildman–Crippen LogP) is 2.71. The van der Waals surface area contributed by atoms with E-state index in [9.17, 15) is 19.2 Å². The molecule has 0 radical (unpaired) electrons. The van der Waals surface area contributed by atoms with Crippen molar-refractivity contribution in [2.24, 2.45) is 0 Å². The van der Waals surface area contributed by atoms with Crippen molar-refractivity contribution >= 4 is 11.9 Å². The maximum absolute atomic E-state index is 13.1. The Labute approximate surface area is 134 Å². The zero-order valence-corrected chi connectivity index (χ0v) is 13.0. The molecule has 1 N–H and O–H groups in total. The van der Waals surface area contributed by atoms with E-state index in [1.807, 2.05) is 0 Å². The fourth-order valence-electron chi connectivity index (χ4n) is 2.66. The quantitative estimate of drug-likeness (QED) is 0.866. The Kier molecular flexibility index (Phi) is 5.32. The van der Waals surface area contributed by atoms with Gasteiger partial charge in [-0.25, -0.2) is 9.18 Å². The van der Waals surface area contributed by atoms with Crippen LogP contribution in [0.1, 0.15) is 49.4 Å². The second-order valence-corrected chi connectivity index (χ2v) is 5.80. The second kappa shape index (κ2) is 7.23. The molecule has 1 aliphatic carbocycles. The average Bonchev–Trinajstić information content (AvgIpc) is 2.55. The zero-order valence-electron chi connectivity index (χ0n) is 13.0. The molecule has 1 fully saturated rings. The summed E-state index contributed by atoms with van der Waals surface area (Å²) in [5, 5.41) is 12.0. The van der Waals surface area contributed by atoms with Gasteiger partial charge in [-0.05, 0) is 38.0 Å². The van der Waals surface area contributed by atoms with Crippen molar-refractivity contribution in [2.45, 2.75) is 50.7 Å². The fourth-order valence-corrected chi connectivity index (χ4v) is 2.66. The smallest absolute Gasteiger partial charge is 0.339 e. The van der Waals surface area contributed by atoms with Crippen LogP contribution in [0, 0.1) is 17.1 Å². The lowest BCUT2D eigenvalue weighted by atomic mass is 9.83. The highest BCUT2D eigenvalue weighted by Gasteiger charge is 2.35. The lowest BCUT2D eigenvalue weighted by Gasteiger charge is -2.32. The predicted molar refractivity (Wildman–Crippen MR) is 80.8 cm³/mol. The second-order valence-electron chi connectivity index (χ2n) is 5.80. The Morgan fingerprint density at radius 2 is 2.04 bits per heavy atom. The number of carbonyl (C=O) groups excluding carboxylic acids is 2.